The van der Waals surface area contributed by atoms with Gasteiger partial charge in [0.25, 0.3) is 0 Å². The van der Waals surface area contributed by atoms with Crippen molar-refractivity contribution in [3.63, 3.8) is 0 Å². The van der Waals surface area contributed by atoms with Gasteiger partial charge in [0.15, 0.2) is 0 Å². The molecule has 0 bridgehead atoms. The zero-order valence-corrected chi connectivity index (χ0v) is 23.6. The van der Waals surface area contributed by atoms with E-state index in [-0.39, 0.29) is 30.5 Å². The topological polar surface area (TPSA) is 86.8 Å². The zero-order valence-electron chi connectivity index (χ0n) is 22.8. The molecule has 0 aromatic heterocycles. The van der Waals surface area contributed by atoms with E-state index in [4.69, 9.17) is 0 Å². The van der Waals surface area contributed by atoms with Crippen molar-refractivity contribution in [1.29, 1.82) is 0 Å². The van der Waals surface area contributed by atoms with Crippen molar-refractivity contribution in [3.8, 4) is 0 Å². The molecule has 0 heterocycles. The van der Waals surface area contributed by atoms with E-state index in [1.807, 2.05) is 51.1 Å². The van der Waals surface area contributed by atoms with E-state index < -0.39 is 34.3 Å². The number of hydrogen-bond acceptors (Lipinski definition) is 4. The minimum absolute atomic E-state index is 0.152. The van der Waals surface area contributed by atoms with E-state index in [1.54, 1.807) is 42.5 Å². The summed E-state index contributed by atoms with van der Waals surface area (Å²) in [4.78, 5) is 28.8. The molecule has 3 aromatic rings. The summed E-state index contributed by atoms with van der Waals surface area (Å²) in [6, 6.07) is 20.9. The summed E-state index contributed by atoms with van der Waals surface area (Å²) in [5.41, 5.74) is 2.29. The normalized spacial score (nSPS) is 12.8. The molecule has 2 amide bonds. The van der Waals surface area contributed by atoms with E-state index in [1.165, 1.54) is 11.0 Å². The predicted octanol–water partition coefficient (Wildman–Crippen LogP) is 4.45. The molecule has 0 radical (unpaired) electrons. The van der Waals surface area contributed by atoms with Gasteiger partial charge >= 0.3 is 0 Å². The fraction of sp³-hybridized carbons (Fsp3) is 0.333. The van der Waals surface area contributed by atoms with Crippen LogP contribution in [-0.4, -0.2) is 50.0 Å². The first kappa shape index (κ1) is 29.8. The molecule has 3 aromatic carbocycles. The number of halogens is 1. The Labute approximate surface area is 230 Å². The van der Waals surface area contributed by atoms with Gasteiger partial charge in [-0.25, -0.2) is 12.8 Å². The summed E-state index contributed by atoms with van der Waals surface area (Å²) in [6.45, 7) is 4.93. The maximum atomic E-state index is 14.8. The van der Waals surface area contributed by atoms with Crippen LogP contribution in [0.25, 0.3) is 0 Å². The summed E-state index contributed by atoms with van der Waals surface area (Å²) < 4.78 is 41.4. The molecule has 0 aliphatic carbocycles. The second-order valence-corrected chi connectivity index (χ2v) is 11.6. The molecule has 2 atom stereocenters. The SMILES string of the molecule is CC[C@H](C)NC(=O)[C@H](Cc1ccccc1)N(Cc1ccccc1F)C(=O)CN(c1ccc(C)cc1)S(C)(=O)=O. The molecule has 0 aliphatic rings. The molecule has 208 valence electrons. The van der Waals surface area contributed by atoms with Crippen LogP contribution in [0.3, 0.4) is 0 Å². The second-order valence-electron chi connectivity index (χ2n) is 9.74. The Morgan fingerprint density at radius 3 is 2.15 bits per heavy atom. The van der Waals surface area contributed by atoms with Crippen molar-refractivity contribution < 1.29 is 22.4 Å². The lowest BCUT2D eigenvalue weighted by Crippen LogP contribution is -2.54. The molecule has 0 fully saturated rings. The van der Waals surface area contributed by atoms with Crippen LogP contribution in [0.2, 0.25) is 0 Å². The van der Waals surface area contributed by atoms with Gasteiger partial charge in [-0.15, -0.1) is 0 Å². The fourth-order valence-electron chi connectivity index (χ4n) is 4.13. The van der Waals surface area contributed by atoms with Crippen LogP contribution < -0.4 is 9.62 Å². The average molecular weight is 554 g/mol. The number of nitrogens with one attached hydrogen (secondary N) is 1. The minimum atomic E-state index is -3.86. The molecule has 0 aliphatic heterocycles. The number of aryl methyl sites for hydroxylation is 1. The molecule has 0 spiro atoms. The Morgan fingerprint density at radius 2 is 1.56 bits per heavy atom. The fourth-order valence-corrected chi connectivity index (χ4v) is 4.98. The van der Waals surface area contributed by atoms with Crippen LogP contribution in [0.1, 0.15) is 37.0 Å². The van der Waals surface area contributed by atoms with Gasteiger partial charge in [0.05, 0.1) is 11.9 Å². The Hall–Kier alpha value is -3.72. The number of anilines is 1. The third-order valence-electron chi connectivity index (χ3n) is 6.57. The van der Waals surface area contributed by atoms with Crippen LogP contribution in [0.5, 0.6) is 0 Å². The van der Waals surface area contributed by atoms with Crippen LogP contribution >= 0.6 is 0 Å². The number of carbonyl (C=O) groups excluding carboxylic acids is 2. The number of nitrogens with zero attached hydrogens (tertiary/aromatic N) is 2. The van der Waals surface area contributed by atoms with Gasteiger partial charge in [0, 0.05) is 24.6 Å². The van der Waals surface area contributed by atoms with Crippen molar-refractivity contribution in [2.24, 2.45) is 0 Å². The quantitative estimate of drug-likeness (QED) is 0.359. The highest BCUT2D eigenvalue weighted by Crippen LogP contribution is 2.21. The lowest BCUT2D eigenvalue weighted by molar-refractivity contribution is -0.140. The number of carbonyl (C=O) groups is 2. The monoisotopic (exact) mass is 553 g/mol. The first-order valence-corrected chi connectivity index (χ1v) is 14.8. The number of hydrogen-bond donors (Lipinski definition) is 1. The first-order valence-electron chi connectivity index (χ1n) is 12.9. The summed E-state index contributed by atoms with van der Waals surface area (Å²) in [5, 5.41) is 2.95. The lowest BCUT2D eigenvalue weighted by Gasteiger charge is -2.34. The summed E-state index contributed by atoms with van der Waals surface area (Å²) in [5.74, 6) is -1.53. The molecular formula is C30H36FN3O4S. The summed E-state index contributed by atoms with van der Waals surface area (Å²) in [7, 11) is -3.86. The molecule has 7 nitrogen and oxygen atoms in total. The summed E-state index contributed by atoms with van der Waals surface area (Å²) >= 11 is 0. The maximum absolute atomic E-state index is 14.8. The Kier molecular flexibility index (Phi) is 10.2. The van der Waals surface area contributed by atoms with Gasteiger partial charge in [0.2, 0.25) is 21.8 Å². The van der Waals surface area contributed by atoms with E-state index >= 15 is 0 Å². The van der Waals surface area contributed by atoms with Gasteiger partial charge in [-0.05, 0) is 44.0 Å². The van der Waals surface area contributed by atoms with E-state index in [9.17, 15) is 22.4 Å². The van der Waals surface area contributed by atoms with E-state index in [2.05, 4.69) is 5.32 Å². The maximum Gasteiger partial charge on any atom is 0.244 e. The zero-order chi connectivity index (χ0) is 28.6. The second kappa shape index (κ2) is 13.4. The number of amides is 2. The van der Waals surface area contributed by atoms with E-state index in [0.717, 1.165) is 21.7 Å². The smallest absolute Gasteiger partial charge is 0.244 e. The van der Waals surface area contributed by atoms with Gasteiger partial charge in [0.1, 0.15) is 18.4 Å². The standard InChI is InChI=1S/C30H36FN3O4S/c1-5-23(3)32-30(36)28(19-24-11-7-6-8-12-24)33(20-25-13-9-10-14-27(25)31)29(35)21-34(39(4,37)38)26-17-15-22(2)16-18-26/h6-18,23,28H,5,19-21H2,1-4H3,(H,32,36)/t23-,28-/m0/s1. The molecule has 0 saturated carbocycles. The Bertz CT molecular complexity index is 1360. The minimum Gasteiger partial charge on any atom is -0.352 e. The van der Waals surface area contributed by atoms with Crippen LogP contribution in [-0.2, 0) is 32.6 Å². The lowest BCUT2D eigenvalue weighted by atomic mass is 10.0. The van der Waals surface area contributed by atoms with Gasteiger partial charge in [-0.1, -0.05) is 73.2 Å². The number of benzene rings is 3. The van der Waals surface area contributed by atoms with Crippen molar-refractivity contribution >= 4 is 27.5 Å². The van der Waals surface area contributed by atoms with Gasteiger partial charge < -0.3 is 10.2 Å². The van der Waals surface area contributed by atoms with Crippen molar-refractivity contribution in [2.45, 2.75) is 52.2 Å². The molecule has 1 N–H and O–H groups in total. The molecule has 0 saturated heterocycles. The highest BCUT2D eigenvalue weighted by atomic mass is 32.2. The summed E-state index contributed by atoms with van der Waals surface area (Å²) in [6.07, 6.45) is 1.88. The molecule has 39 heavy (non-hydrogen) atoms. The third-order valence-corrected chi connectivity index (χ3v) is 7.71. The first-order chi connectivity index (χ1) is 18.5. The molecule has 0 unspecified atom stereocenters. The largest absolute Gasteiger partial charge is 0.352 e. The Morgan fingerprint density at radius 1 is 0.949 bits per heavy atom. The number of rotatable bonds is 12. The van der Waals surface area contributed by atoms with Crippen LogP contribution in [0.4, 0.5) is 10.1 Å². The highest BCUT2D eigenvalue weighted by molar-refractivity contribution is 7.92. The molecule has 9 heteroatoms. The van der Waals surface area contributed by atoms with Crippen LogP contribution in [0.15, 0.2) is 78.9 Å². The van der Waals surface area contributed by atoms with E-state index in [0.29, 0.717) is 12.1 Å². The molecular weight excluding hydrogens is 517 g/mol. The predicted molar refractivity (Wildman–Crippen MR) is 152 cm³/mol. The van der Waals surface area contributed by atoms with Crippen molar-refractivity contribution in [1.82, 2.24) is 10.2 Å². The van der Waals surface area contributed by atoms with Crippen LogP contribution in [0, 0.1) is 12.7 Å². The molecule has 3 rings (SSSR count). The average Bonchev–Trinajstić information content (AvgIpc) is 2.90. The van der Waals surface area contributed by atoms with Crippen molar-refractivity contribution in [3.05, 3.63) is 101 Å². The number of sulfonamides is 1. The third kappa shape index (κ3) is 8.38. The van der Waals surface area contributed by atoms with Crippen molar-refractivity contribution in [2.75, 3.05) is 17.1 Å². The van der Waals surface area contributed by atoms with Gasteiger partial charge in [-0.2, -0.15) is 0 Å². The highest BCUT2D eigenvalue weighted by Gasteiger charge is 2.33. The Balaban J connectivity index is 2.06. The van der Waals surface area contributed by atoms with Gasteiger partial charge in [-0.3, -0.25) is 13.9 Å².